The third-order valence-corrected chi connectivity index (χ3v) is 6.09. The Bertz CT molecular complexity index is 1040. The molecule has 9 heteroatoms. The largest absolute Gasteiger partial charge is 0.353 e. The fourth-order valence-corrected chi connectivity index (χ4v) is 4.06. The van der Waals surface area contributed by atoms with Crippen LogP contribution >= 0.6 is 23.2 Å². The third kappa shape index (κ3) is 6.62. The Kier molecular flexibility index (Phi) is 8.58. The molecule has 0 aliphatic carbocycles. The van der Waals surface area contributed by atoms with Crippen LogP contribution in [0.4, 0.5) is 16.2 Å². The number of carbonyl (C=O) groups is 3. The van der Waals surface area contributed by atoms with Crippen molar-refractivity contribution in [3.8, 4) is 0 Å². The summed E-state index contributed by atoms with van der Waals surface area (Å²) >= 11 is 12.1. The molecule has 3 rings (SSSR count). The number of amides is 4. The van der Waals surface area contributed by atoms with Gasteiger partial charge in [-0.3, -0.25) is 9.59 Å². The summed E-state index contributed by atoms with van der Waals surface area (Å²) in [6, 6.07) is 9.29. The first-order chi connectivity index (χ1) is 15.8. The van der Waals surface area contributed by atoms with Gasteiger partial charge in [0.05, 0.1) is 17.1 Å². The van der Waals surface area contributed by atoms with Crippen molar-refractivity contribution < 1.29 is 14.4 Å². The average molecular weight is 491 g/mol. The molecule has 4 amide bonds. The maximum atomic E-state index is 13.0. The van der Waals surface area contributed by atoms with Gasteiger partial charge in [0.1, 0.15) is 6.04 Å². The Labute approximate surface area is 203 Å². The molecule has 7 nitrogen and oxygen atoms in total. The lowest BCUT2D eigenvalue weighted by atomic mass is 10.0. The molecule has 176 valence electrons. The van der Waals surface area contributed by atoms with E-state index in [1.807, 2.05) is 19.1 Å². The quantitative estimate of drug-likeness (QED) is 0.509. The number of urea groups is 1. The molecule has 0 radical (unpaired) electrons. The highest BCUT2D eigenvalue weighted by atomic mass is 35.5. The van der Waals surface area contributed by atoms with Gasteiger partial charge >= 0.3 is 6.03 Å². The third-order valence-electron chi connectivity index (χ3n) is 5.52. The lowest BCUT2D eigenvalue weighted by Crippen LogP contribution is -2.59. The summed E-state index contributed by atoms with van der Waals surface area (Å²) in [5, 5.41) is 9.02. The zero-order valence-electron chi connectivity index (χ0n) is 18.7. The van der Waals surface area contributed by atoms with E-state index >= 15 is 0 Å². The Balaban J connectivity index is 1.69. The minimum absolute atomic E-state index is 0.211. The number of nitrogens with one attached hydrogen (secondary N) is 3. The van der Waals surface area contributed by atoms with Gasteiger partial charge in [0, 0.05) is 23.8 Å². The Morgan fingerprint density at radius 2 is 1.91 bits per heavy atom. The number of halogens is 2. The zero-order chi connectivity index (χ0) is 24.0. The summed E-state index contributed by atoms with van der Waals surface area (Å²) in [6.07, 6.45) is 3.01. The summed E-state index contributed by atoms with van der Waals surface area (Å²) in [7, 11) is 0. The summed E-state index contributed by atoms with van der Waals surface area (Å²) in [5.41, 5.74) is 3.20. The van der Waals surface area contributed by atoms with Crippen LogP contribution in [-0.4, -0.2) is 41.9 Å². The highest BCUT2D eigenvalue weighted by molar-refractivity contribution is 6.35. The van der Waals surface area contributed by atoms with E-state index < -0.39 is 18.0 Å². The second-order valence-electron chi connectivity index (χ2n) is 8.06. The van der Waals surface area contributed by atoms with Gasteiger partial charge in [0.15, 0.2) is 0 Å². The predicted molar refractivity (Wildman–Crippen MR) is 132 cm³/mol. The van der Waals surface area contributed by atoms with Crippen molar-refractivity contribution in [2.75, 3.05) is 23.7 Å². The van der Waals surface area contributed by atoms with E-state index in [2.05, 4.69) is 28.9 Å². The second kappa shape index (κ2) is 11.4. The summed E-state index contributed by atoms with van der Waals surface area (Å²) in [4.78, 5) is 39.6. The van der Waals surface area contributed by atoms with Crippen molar-refractivity contribution in [2.24, 2.45) is 0 Å². The molecule has 1 saturated heterocycles. The van der Waals surface area contributed by atoms with Crippen LogP contribution < -0.4 is 16.0 Å². The lowest BCUT2D eigenvalue weighted by molar-refractivity contribution is -0.130. The zero-order valence-corrected chi connectivity index (χ0v) is 20.2. The molecule has 0 aromatic heterocycles. The Morgan fingerprint density at radius 1 is 1.12 bits per heavy atom. The van der Waals surface area contributed by atoms with Crippen molar-refractivity contribution in [1.82, 2.24) is 10.2 Å². The number of benzene rings is 2. The molecule has 0 spiro atoms. The molecule has 0 bridgehead atoms. The van der Waals surface area contributed by atoms with Gasteiger partial charge in [0.25, 0.3) is 0 Å². The molecule has 3 N–H and O–H groups in total. The van der Waals surface area contributed by atoms with Crippen molar-refractivity contribution in [3.05, 3.63) is 57.6 Å². The number of hydrogen-bond donors (Lipinski definition) is 3. The molecule has 2 aromatic rings. The molecule has 1 unspecified atom stereocenters. The van der Waals surface area contributed by atoms with E-state index in [0.717, 1.165) is 24.8 Å². The molecular weight excluding hydrogens is 463 g/mol. The van der Waals surface area contributed by atoms with Crippen molar-refractivity contribution >= 4 is 52.4 Å². The number of anilines is 2. The van der Waals surface area contributed by atoms with E-state index in [-0.39, 0.29) is 12.3 Å². The minimum atomic E-state index is -0.944. The summed E-state index contributed by atoms with van der Waals surface area (Å²) in [5.74, 6) is -0.828. The highest BCUT2D eigenvalue weighted by Crippen LogP contribution is 2.26. The monoisotopic (exact) mass is 490 g/mol. The molecule has 1 aliphatic rings. The number of carbonyl (C=O) groups excluding carboxylic acids is 3. The topological polar surface area (TPSA) is 90.5 Å². The van der Waals surface area contributed by atoms with Crippen LogP contribution in [0.5, 0.6) is 0 Å². The van der Waals surface area contributed by atoms with Gasteiger partial charge in [-0.15, -0.1) is 0 Å². The van der Waals surface area contributed by atoms with Crippen molar-refractivity contribution in [3.63, 3.8) is 0 Å². The van der Waals surface area contributed by atoms with E-state index in [4.69, 9.17) is 23.2 Å². The van der Waals surface area contributed by atoms with Crippen molar-refractivity contribution in [2.45, 2.75) is 45.6 Å². The number of hydrogen-bond acceptors (Lipinski definition) is 3. The fraction of sp³-hybridized carbons (Fsp3) is 0.375. The Morgan fingerprint density at radius 3 is 2.64 bits per heavy atom. The van der Waals surface area contributed by atoms with Gasteiger partial charge in [-0.1, -0.05) is 48.7 Å². The van der Waals surface area contributed by atoms with Crippen LogP contribution in [-0.2, 0) is 16.0 Å². The van der Waals surface area contributed by atoms with Gasteiger partial charge < -0.3 is 20.9 Å². The van der Waals surface area contributed by atoms with Gasteiger partial charge in [-0.25, -0.2) is 4.79 Å². The maximum Gasteiger partial charge on any atom is 0.322 e. The SMILES string of the molecule is CCCCc1ccc(NC(=O)N2CCNC(=O)C2CC(=O)Nc2cc(Cl)ccc2Cl)c(C)c1. The molecule has 1 heterocycles. The van der Waals surface area contributed by atoms with Gasteiger partial charge in [0.2, 0.25) is 11.8 Å². The Hall–Kier alpha value is -2.77. The van der Waals surface area contributed by atoms with E-state index in [1.165, 1.54) is 16.5 Å². The number of nitrogens with zero attached hydrogens (tertiary/aromatic N) is 1. The highest BCUT2D eigenvalue weighted by Gasteiger charge is 2.35. The molecular formula is C24H28Cl2N4O3. The maximum absolute atomic E-state index is 13.0. The molecule has 33 heavy (non-hydrogen) atoms. The molecule has 0 saturated carbocycles. The normalized spacial score (nSPS) is 15.7. The predicted octanol–water partition coefficient (Wildman–Crippen LogP) is 5.01. The van der Waals surface area contributed by atoms with Crippen LogP contribution in [0.15, 0.2) is 36.4 Å². The summed E-state index contributed by atoms with van der Waals surface area (Å²) < 4.78 is 0. The van der Waals surface area contributed by atoms with Crippen LogP contribution in [0.25, 0.3) is 0 Å². The second-order valence-corrected chi connectivity index (χ2v) is 8.90. The molecule has 1 aliphatic heterocycles. The first kappa shape index (κ1) is 24.9. The van der Waals surface area contributed by atoms with Crippen LogP contribution in [0, 0.1) is 6.92 Å². The minimum Gasteiger partial charge on any atom is -0.353 e. The average Bonchev–Trinajstić information content (AvgIpc) is 2.77. The lowest BCUT2D eigenvalue weighted by Gasteiger charge is -2.34. The van der Waals surface area contributed by atoms with E-state index in [0.29, 0.717) is 34.5 Å². The van der Waals surface area contributed by atoms with Crippen LogP contribution in [0.2, 0.25) is 10.0 Å². The van der Waals surface area contributed by atoms with Crippen LogP contribution in [0.3, 0.4) is 0 Å². The first-order valence-electron chi connectivity index (χ1n) is 11.0. The standard InChI is InChI=1S/C24H28Cl2N4O3/c1-3-4-5-16-6-9-19(15(2)12-16)29-24(33)30-11-10-27-23(32)21(30)14-22(31)28-20-13-17(25)7-8-18(20)26/h6-9,12-13,21H,3-5,10-11,14H2,1-2H3,(H,27,32)(H,28,31)(H,29,33). The number of aryl methyl sites for hydroxylation is 2. The van der Waals surface area contributed by atoms with Crippen molar-refractivity contribution in [1.29, 1.82) is 0 Å². The number of rotatable bonds is 7. The first-order valence-corrected chi connectivity index (χ1v) is 11.7. The smallest absolute Gasteiger partial charge is 0.322 e. The fourth-order valence-electron chi connectivity index (χ4n) is 3.72. The molecule has 1 atom stereocenters. The van der Waals surface area contributed by atoms with Gasteiger partial charge in [-0.2, -0.15) is 0 Å². The summed E-state index contributed by atoms with van der Waals surface area (Å²) in [6.45, 7) is 4.70. The number of unbranched alkanes of at least 4 members (excludes halogenated alkanes) is 1. The number of piperazine rings is 1. The van der Waals surface area contributed by atoms with Crippen LogP contribution in [0.1, 0.15) is 37.3 Å². The van der Waals surface area contributed by atoms with E-state index in [9.17, 15) is 14.4 Å². The molecule has 1 fully saturated rings. The van der Waals surface area contributed by atoms with Gasteiger partial charge in [-0.05, 0) is 55.2 Å². The van der Waals surface area contributed by atoms with E-state index in [1.54, 1.807) is 12.1 Å². The molecule has 2 aromatic carbocycles.